The van der Waals surface area contributed by atoms with Crippen molar-refractivity contribution in [3.8, 4) is 0 Å². The number of hydrogen-bond acceptors (Lipinski definition) is 1. The SMILES string of the molecule is Cc1[nH]c2ccc(F)cc2c1CCCNC(=O)c1ccc(Cl)cc1Cl. The highest BCUT2D eigenvalue weighted by Crippen LogP contribution is 2.24. The first-order valence-electron chi connectivity index (χ1n) is 7.95. The monoisotopic (exact) mass is 378 g/mol. The second-order valence-electron chi connectivity index (χ2n) is 5.90. The average Bonchev–Trinajstić information content (AvgIpc) is 2.86. The van der Waals surface area contributed by atoms with Gasteiger partial charge in [-0.25, -0.2) is 4.39 Å². The first-order valence-corrected chi connectivity index (χ1v) is 8.71. The number of rotatable bonds is 5. The summed E-state index contributed by atoms with van der Waals surface area (Å²) in [6.45, 7) is 2.47. The molecule has 0 aliphatic heterocycles. The first kappa shape index (κ1) is 17.8. The number of carbonyl (C=O) groups excluding carboxylic acids is 1. The quantitative estimate of drug-likeness (QED) is 0.582. The van der Waals surface area contributed by atoms with Crippen molar-refractivity contribution in [2.75, 3.05) is 6.54 Å². The number of nitrogens with one attached hydrogen (secondary N) is 2. The van der Waals surface area contributed by atoms with Gasteiger partial charge in [0.25, 0.3) is 5.91 Å². The highest BCUT2D eigenvalue weighted by atomic mass is 35.5. The van der Waals surface area contributed by atoms with E-state index in [1.165, 1.54) is 6.07 Å². The van der Waals surface area contributed by atoms with Gasteiger partial charge in [-0.15, -0.1) is 0 Å². The molecule has 0 saturated heterocycles. The van der Waals surface area contributed by atoms with Crippen molar-refractivity contribution in [1.82, 2.24) is 10.3 Å². The normalized spacial score (nSPS) is 11.0. The van der Waals surface area contributed by atoms with Crippen LogP contribution < -0.4 is 5.32 Å². The molecule has 1 heterocycles. The molecule has 0 radical (unpaired) electrons. The van der Waals surface area contributed by atoms with Gasteiger partial charge in [0.15, 0.2) is 0 Å². The minimum absolute atomic E-state index is 0.233. The van der Waals surface area contributed by atoms with Gasteiger partial charge in [-0.05, 0) is 61.7 Å². The topological polar surface area (TPSA) is 44.9 Å². The van der Waals surface area contributed by atoms with Gasteiger partial charge in [0.1, 0.15) is 5.82 Å². The molecular formula is C19H17Cl2FN2O. The largest absolute Gasteiger partial charge is 0.358 e. The van der Waals surface area contributed by atoms with E-state index in [1.807, 2.05) is 6.92 Å². The van der Waals surface area contributed by atoms with Crippen molar-refractivity contribution in [2.24, 2.45) is 0 Å². The molecule has 0 aliphatic rings. The van der Waals surface area contributed by atoms with E-state index in [4.69, 9.17) is 23.2 Å². The van der Waals surface area contributed by atoms with Gasteiger partial charge in [0.05, 0.1) is 10.6 Å². The summed E-state index contributed by atoms with van der Waals surface area (Å²) >= 11 is 11.9. The standard InChI is InChI=1S/C19H17Cl2FN2O/c1-11-14(16-10-13(22)5-7-18(16)24-11)3-2-8-23-19(25)15-6-4-12(20)9-17(15)21/h4-7,9-10,24H,2-3,8H2,1H3,(H,23,25). The van der Waals surface area contributed by atoms with Crippen LogP contribution in [0.4, 0.5) is 4.39 Å². The molecule has 0 fully saturated rings. The number of halogens is 3. The number of amides is 1. The number of fused-ring (bicyclic) bond motifs is 1. The van der Waals surface area contributed by atoms with Crippen molar-refractivity contribution < 1.29 is 9.18 Å². The Bertz CT molecular complexity index is 937. The summed E-state index contributed by atoms with van der Waals surface area (Å²) in [6, 6.07) is 9.50. The fourth-order valence-electron chi connectivity index (χ4n) is 2.91. The predicted octanol–water partition coefficient (Wildman–Crippen LogP) is 5.28. The second-order valence-corrected chi connectivity index (χ2v) is 6.75. The fourth-order valence-corrected chi connectivity index (χ4v) is 3.41. The average molecular weight is 379 g/mol. The third-order valence-corrected chi connectivity index (χ3v) is 4.69. The molecule has 0 saturated carbocycles. The van der Waals surface area contributed by atoms with Crippen molar-refractivity contribution in [2.45, 2.75) is 19.8 Å². The number of aromatic nitrogens is 1. The van der Waals surface area contributed by atoms with Gasteiger partial charge in [-0.3, -0.25) is 4.79 Å². The molecule has 3 nitrogen and oxygen atoms in total. The Hall–Kier alpha value is -2.04. The van der Waals surface area contributed by atoms with Crippen molar-refractivity contribution in [3.05, 3.63) is 69.1 Å². The van der Waals surface area contributed by atoms with Gasteiger partial charge >= 0.3 is 0 Å². The van der Waals surface area contributed by atoms with Gasteiger partial charge in [0, 0.05) is 28.2 Å². The molecule has 0 spiro atoms. The molecule has 0 bridgehead atoms. The Labute approximate surface area is 155 Å². The van der Waals surface area contributed by atoms with Crippen LogP contribution in [0.25, 0.3) is 10.9 Å². The lowest BCUT2D eigenvalue weighted by Crippen LogP contribution is -2.25. The van der Waals surface area contributed by atoms with E-state index >= 15 is 0 Å². The Morgan fingerprint density at radius 2 is 2.00 bits per heavy atom. The minimum atomic E-state index is -0.251. The van der Waals surface area contributed by atoms with E-state index in [0.717, 1.165) is 35.0 Å². The van der Waals surface area contributed by atoms with Crippen LogP contribution in [0.5, 0.6) is 0 Å². The van der Waals surface area contributed by atoms with E-state index < -0.39 is 0 Å². The van der Waals surface area contributed by atoms with Crippen molar-refractivity contribution in [3.63, 3.8) is 0 Å². The lowest BCUT2D eigenvalue weighted by molar-refractivity contribution is 0.0953. The number of hydrogen-bond donors (Lipinski definition) is 2. The molecule has 2 aromatic carbocycles. The summed E-state index contributed by atoms with van der Waals surface area (Å²) in [5, 5.41) is 4.56. The number of aromatic amines is 1. The number of carbonyl (C=O) groups is 1. The van der Waals surface area contributed by atoms with Crippen LogP contribution in [0.1, 0.15) is 28.0 Å². The maximum atomic E-state index is 13.5. The lowest BCUT2D eigenvalue weighted by Gasteiger charge is -2.07. The molecule has 0 atom stereocenters. The van der Waals surface area contributed by atoms with Crippen LogP contribution in [-0.4, -0.2) is 17.4 Å². The molecule has 0 aliphatic carbocycles. The van der Waals surface area contributed by atoms with Crippen LogP contribution in [0.15, 0.2) is 36.4 Å². The van der Waals surface area contributed by atoms with E-state index in [0.29, 0.717) is 22.2 Å². The van der Waals surface area contributed by atoms with E-state index in [1.54, 1.807) is 30.3 Å². The van der Waals surface area contributed by atoms with Crippen LogP contribution in [0, 0.1) is 12.7 Å². The minimum Gasteiger partial charge on any atom is -0.358 e. The maximum Gasteiger partial charge on any atom is 0.252 e. The van der Waals surface area contributed by atoms with Crippen molar-refractivity contribution in [1.29, 1.82) is 0 Å². The Balaban J connectivity index is 1.61. The fraction of sp³-hybridized carbons (Fsp3) is 0.211. The molecule has 3 aromatic rings. The zero-order valence-electron chi connectivity index (χ0n) is 13.6. The summed E-state index contributed by atoms with van der Waals surface area (Å²) in [5.74, 6) is -0.484. The van der Waals surface area contributed by atoms with E-state index in [9.17, 15) is 9.18 Å². The molecule has 25 heavy (non-hydrogen) atoms. The Morgan fingerprint density at radius 3 is 2.76 bits per heavy atom. The molecule has 0 unspecified atom stereocenters. The second kappa shape index (κ2) is 7.46. The molecule has 1 aromatic heterocycles. The smallest absolute Gasteiger partial charge is 0.252 e. The van der Waals surface area contributed by atoms with E-state index in [-0.39, 0.29) is 11.7 Å². The molecular weight excluding hydrogens is 362 g/mol. The van der Waals surface area contributed by atoms with Crippen molar-refractivity contribution >= 4 is 40.0 Å². The number of benzene rings is 2. The maximum absolute atomic E-state index is 13.5. The number of H-pyrrole nitrogens is 1. The molecule has 130 valence electrons. The summed E-state index contributed by atoms with van der Waals surface area (Å²) in [5.41, 5.74) is 3.42. The van der Waals surface area contributed by atoms with Gasteiger partial charge in [-0.1, -0.05) is 23.2 Å². The highest BCUT2D eigenvalue weighted by Gasteiger charge is 2.12. The summed E-state index contributed by atoms with van der Waals surface area (Å²) < 4.78 is 13.5. The van der Waals surface area contributed by atoms with Gasteiger partial charge < -0.3 is 10.3 Å². The van der Waals surface area contributed by atoms with Gasteiger partial charge in [-0.2, -0.15) is 0 Å². The zero-order valence-corrected chi connectivity index (χ0v) is 15.1. The summed E-state index contributed by atoms with van der Waals surface area (Å²) in [4.78, 5) is 15.4. The van der Waals surface area contributed by atoms with Crippen LogP contribution in [-0.2, 0) is 6.42 Å². The molecule has 6 heteroatoms. The van der Waals surface area contributed by atoms with Crippen LogP contribution in [0.3, 0.4) is 0 Å². The third-order valence-electron chi connectivity index (χ3n) is 4.15. The molecule has 2 N–H and O–H groups in total. The zero-order chi connectivity index (χ0) is 18.0. The first-order chi connectivity index (χ1) is 12.0. The molecule has 1 amide bonds. The third kappa shape index (κ3) is 3.97. The summed E-state index contributed by atoms with van der Waals surface area (Å²) in [6.07, 6.45) is 1.48. The Morgan fingerprint density at radius 1 is 1.20 bits per heavy atom. The van der Waals surface area contributed by atoms with Crippen LogP contribution >= 0.6 is 23.2 Å². The number of aryl methyl sites for hydroxylation is 2. The summed E-state index contributed by atoms with van der Waals surface area (Å²) in [7, 11) is 0. The predicted molar refractivity (Wildman–Crippen MR) is 100 cm³/mol. The highest BCUT2D eigenvalue weighted by molar-refractivity contribution is 6.36. The lowest BCUT2D eigenvalue weighted by atomic mass is 10.1. The van der Waals surface area contributed by atoms with Gasteiger partial charge in [0.2, 0.25) is 0 Å². The Kier molecular flexibility index (Phi) is 5.30. The molecule has 3 rings (SSSR count). The van der Waals surface area contributed by atoms with Crippen LogP contribution in [0.2, 0.25) is 10.0 Å². The van der Waals surface area contributed by atoms with E-state index in [2.05, 4.69) is 10.3 Å².